The van der Waals surface area contributed by atoms with Crippen LogP contribution < -0.4 is 4.74 Å². The second kappa shape index (κ2) is 6.89. The van der Waals surface area contributed by atoms with Crippen LogP contribution in [0.5, 0.6) is 5.75 Å². The van der Waals surface area contributed by atoms with E-state index in [9.17, 15) is 0 Å². The second-order valence-electron chi connectivity index (χ2n) is 5.96. The lowest BCUT2D eigenvalue weighted by Crippen LogP contribution is -2.11. The van der Waals surface area contributed by atoms with Gasteiger partial charge in [-0.3, -0.25) is 0 Å². The van der Waals surface area contributed by atoms with Crippen LogP contribution in [-0.4, -0.2) is 16.8 Å². The van der Waals surface area contributed by atoms with Gasteiger partial charge in [-0.2, -0.15) is 0 Å². The predicted molar refractivity (Wildman–Crippen MR) is 86.8 cm³/mol. The summed E-state index contributed by atoms with van der Waals surface area (Å²) in [4.78, 5) is 0. The first-order valence-corrected chi connectivity index (χ1v) is 8.30. The molecule has 1 aromatic heterocycles. The van der Waals surface area contributed by atoms with Gasteiger partial charge in [0.2, 0.25) is 5.89 Å². The molecule has 2 aromatic rings. The molecule has 0 bridgehead atoms. The van der Waals surface area contributed by atoms with Crippen LogP contribution in [0.3, 0.4) is 0 Å². The molecule has 124 valence electrons. The summed E-state index contributed by atoms with van der Waals surface area (Å²) in [6.07, 6.45) is 2.71. The predicted octanol–water partition coefficient (Wildman–Crippen LogP) is 4.72. The Kier molecular flexibility index (Phi) is 4.87. The molecule has 1 fully saturated rings. The van der Waals surface area contributed by atoms with Gasteiger partial charge in [-0.25, -0.2) is 0 Å². The van der Waals surface area contributed by atoms with Gasteiger partial charge >= 0.3 is 0 Å². The summed E-state index contributed by atoms with van der Waals surface area (Å²) in [7, 11) is 0. The van der Waals surface area contributed by atoms with Gasteiger partial charge in [-0.05, 0) is 63.3 Å². The molecule has 5 nitrogen and oxygen atoms in total. The van der Waals surface area contributed by atoms with Crippen LogP contribution >= 0.6 is 11.6 Å². The van der Waals surface area contributed by atoms with Gasteiger partial charge in [0.05, 0.1) is 0 Å². The van der Waals surface area contributed by atoms with E-state index >= 15 is 0 Å². The van der Waals surface area contributed by atoms with E-state index in [1.807, 2.05) is 32.9 Å². The first kappa shape index (κ1) is 16.3. The monoisotopic (exact) mass is 336 g/mol. The maximum atomic E-state index is 6.05. The zero-order chi connectivity index (χ0) is 16.4. The van der Waals surface area contributed by atoms with E-state index in [1.54, 1.807) is 0 Å². The van der Waals surface area contributed by atoms with E-state index in [0.29, 0.717) is 16.8 Å². The van der Waals surface area contributed by atoms with Crippen LogP contribution in [0.2, 0.25) is 5.02 Å². The molecule has 0 amide bonds. The van der Waals surface area contributed by atoms with Crippen LogP contribution in [0.4, 0.5) is 0 Å². The molecule has 1 aliphatic heterocycles. The SMILES string of the molecule is Cc1cc(Cl)cc(C)c1O[C@H](C)c1nnc([C@@H]2CCCCO2)o1. The molecular formula is C17H21ClN2O3. The molecule has 0 aliphatic carbocycles. The minimum Gasteiger partial charge on any atom is -0.480 e. The van der Waals surface area contributed by atoms with Crippen molar-refractivity contribution in [2.24, 2.45) is 0 Å². The first-order valence-electron chi connectivity index (χ1n) is 7.93. The largest absolute Gasteiger partial charge is 0.480 e. The van der Waals surface area contributed by atoms with E-state index in [0.717, 1.165) is 42.7 Å². The highest BCUT2D eigenvalue weighted by atomic mass is 35.5. The van der Waals surface area contributed by atoms with Crippen LogP contribution in [0.15, 0.2) is 16.5 Å². The Morgan fingerprint density at radius 3 is 2.61 bits per heavy atom. The van der Waals surface area contributed by atoms with Gasteiger partial charge in [-0.15, -0.1) is 10.2 Å². The van der Waals surface area contributed by atoms with Crippen molar-refractivity contribution < 1.29 is 13.9 Å². The van der Waals surface area contributed by atoms with Gasteiger partial charge in [0.25, 0.3) is 5.89 Å². The molecule has 23 heavy (non-hydrogen) atoms. The van der Waals surface area contributed by atoms with E-state index in [2.05, 4.69) is 10.2 Å². The molecule has 0 spiro atoms. The van der Waals surface area contributed by atoms with Crippen LogP contribution in [0.25, 0.3) is 0 Å². The average Bonchev–Trinajstić information content (AvgIpc) is 3.01. The van der Waals surface area contributed by atoms with E-state index < -0.39 is 0 Å². The molecule has 2 heterocycles. The van der Waals surface area contributed by atoms with Crippen molar-refractivity contribution in [2.45, 2.75) is 52.2 Å². The van der Waals surface area contributed by atoms with Crippen molar-refractivity contribution >= 4 is 11.6 Å². The summed E-state index contributed by atoms with van der Waals surface area (Å²) in [5, 5.41) is 8.94. The maximum absolute atomic E-state index is 6.05. The lowest BCUT2D eigenvalue weighted by molar-refractivity contribution is -0.00313. The summed E-state index contributed by atoms with van der Waals surface area (Å²) in [6, 6.07) is 3.76. The molecule has 6 heteroatoms. The fraction of sp³-hybridized carbons (Fsp3) is 0.529. The van der Waals surface area contributed by atoms with Gasteiger partial charge in [0, 0.05) is 11.6 Å². The third-order valence-corrected chi connectivity index (χ3v) is 4.20. The number of ether oxygens (including phenoxy) is 2. The lowest BCUT2D eigenvalue weighted by atomic mass is 10.1. The Balaban J connectivity index is 1.74. The molecule has 0 N–H and O–H groups in total. The van der Waals surface area contributed by atoms with E-state index in [1.165, 1.54) is 0 Å². The minimum absolute atomic E-state index is 0.0868. The number of aryl methyl sites for hydroxylation is 2. The molecule has 0 unspecified atom stereocenters. The quantitative estimate of drug-likeness (QED) is 0.808. The number of hydrogen-bond acceptors (Lipinski definition) is 5. The Morgan fingerprint density at radius 1 is 1.22 bits per heavy atom. The van der Waals surface area contributed by atoms with Crippen LogP contribution in [0, 0.1) is 13.8 Å². The Bertz CT molecular complexity index is 657. The van der Waals surface area contributed by atoms with Gasteiger partial charge in [0.1, 0.15) is 11.9 Å². The maximum Gasteiger partial charge on any atom is 0.256 e. The molecule has 0 radical (unpaired) electrons. The second-order valence-corrected chi connectivity index (χ2v) is 6.40. The van der Waals surface area contributed by atoms with Crippen molar-refractivity contribution in [1.29, 1.82) is 0 Å². The van der Waals surface area contributed by atoms with Gasteiger partial charge < -0.3 is 13.9 Å². The summed E-state index contributed by atoms with van der Waals surface area (Å²) in [5.41, 5.74) is 1.97. The minimum atomic E-state index is -0.335. The number of benzene rings is 1. The summed E-state index contributed by atoms with van der Waals surface area (Å²) in [6.45, 7) is 6.58. The van der Waals surface area contributed by atoms with E-state index in [-0.39, 0.29) is 12.2 Å². The molecule has 0 saturated carbocycles. The lowest BCUT2D eigenvalue weighted by Gasteiger charge is -2.19. The number of hydrogen-bond donors (Lipinski definition) is 0. The first-order chi connectivity index (χ1) is 11.0. The summed E-state index contributed by atoms with van der Waals surface area (Å²) >= 11 is 6.05. The normalized spacial score (nSPS) is 19.6. The summed E-state index contributed by atoms with van der Waals surface area (Å²) < 4.78 is 17.5. The molecule has 3 rings (SSSR count). The topological polar surface area (TPSA) is 57.4 Å². The number of aromatic nitrogens is 2. The molecule has 1 saturated heterocycles. The van der Waals surface area contributed by atoms with Crippen molar-refractivity contribution in [2.75, 3.05) is 6.61 Å². The number of rotatable bonds is 4. The number of halogens is 1. The fourth-order valence-corrected chi connectivity index (χ4v) is 3.11. The standard InChI is InChI=1S/C17H21ClN2O3/c1-10-8-13(18)9-11(2)15(10)22-12(3)16-19-20-17(23-16)14-6-4-5-7-21-14/h8-9,12,14H,4-7H2,1-3H3/t12-,14+/m1/s1. The highest BCUT2D eigenvalue weighted by molar-refractivity contribution is 6.30. The average molecular weight is 337 g/mol. The molecule has 2 atom stereocenters. The smallest absolute Gasteiger partial charge is 0.256 e. The van der Waals surface area contributed by atoms with Crippen LogP contribution in [0.1, 0.15) is 61.3 Å². The zero-order valence-electron chi connectivity index (χ0n) is 13.6. The van der Waals surface area contributed by atoms with Crippen molar-refractivity contribution in [3.63, 3.8) is 0 Å². The number of nitrogens with zero attached hydrogens (tertiary/aromatic N) is 2. The van der Waals surface area contributed by atoms with Crippen molar-refractivity contribution in [3.05, 3.63) is 40.1 Å². The van der Waals surface area contributed by atoms with Crippen molar-refractivity contribution in [1.82, 2.24) is 10.2 Å². The van der Waals surface area contributed by atoms with E-state index in [4.69, 9.17) is 25.5 Å². The Labute approximate surface area is 140 Å². The highest BCUT2D eigenvalue weighted by Gasteiger charge is 2.24. The van der Waals surface area contributed by atoms with Gasteiger partial charge in [-0.1, -0.05) is 11.6 Å². The van der Waals surface area contributed by atoms with Crippen LogP contribution in [-0.2, 0) is 4.74 Å². The third kappa shape index (κ3) is 3.67. The van der Waals surface area contributed by atoms with Gasteiger partial charge in [0.15, 0.2) is 6.10 Å². The zero-order valence-corrected chi connectivity index (χ0v) is 14.4. The highest BCUT2D eigenvalue weighted by Crippen LogP contribution is 2.32. The third-order valence-electron chi connectivity index (χ3n) is 3.98. The summed E-state index contributed by atoms with van der Waals surface area (Å²) in [5.74, 6) is 1.80. The molecular weight excluding hydrogens is 316 g/mol. The Hall–Kier alpha value is -1.59. The Morgan fingerprint density at radius 2 is 1.96 bits per heavy atom. The fourth-order valence-electron chi connectivity index (χ4n) is 2.79. The molecule has 1 aliphatic rings. The van der Waals surface area contributed by atoms with Crippen molar-refractivity contribution in [3.8, 4) is 5.75 Å². The molecule has 1 aromatic carbocycles.